The number of hydrogen-bond acceptors (Lipinski definition) is 5. The van der Waals surface area contributed by atoms with Crippen molar-refractivity contribution < 1.29 is 19.4 Å². The number of ether oxygens (including phenoxy) is 2. The molecule has 6 heteroatoms. The van der Waals surface area contributed by atoms with Gasteiger partial charge in [0.2, 0.25) is 0 Å². The zero-order valence-corrected chi connectivity index (χ0v) is 22.4. The molecule has 0 bridgehead atoms. The molecule has 3 aromatic carbocycles. The molecule has 0 radical (unpaired) electrons. The molecule has 1 N–H and O–H groups in total. The first kappa shape index (κ1) is 26.3. The highest BCUT2D eigenvalue weighted by atomic mass is 16.5. The largest absolute Gasteiger partial charge is 0.497 e. The number of aliphatic hydroxyl groups is 1. The molecule has 2 saturated heterocycles. The van der Waals surface area contributed by atoms with Gasteiger partial charge in [0.25, 0.3) is 5.91 Å². The molecule has 2 aliphatic rings. The van der Waals surface area contributed by atoms with E-state index in [0.29, 0.717) is 12.1 Å². The lowest BCUT2D eigenvalue weighted by Gasteiger charge is -2.44. The summed E-state index contributed by atoms with van der Waals surface area (Å²) in [7, 11) is 3.40. The monoisotopic (exact) mass is 514 g/mol. The van der Waals surface area contributed by atoms with E-state index in [9.17, 15) is 9.90 Å². The molecule has 3 aromatic rings. The van der Waals surface area contributed by atoms with Gasteiger partial charge in [-0.1, -0.05) is 36.4 Å². The number of likely N-dealkylation sites (tertiary alicyclic amines) is 2. The number of rotatable bonds is 8. The van der Waals surface area contributed by atoms with Crippen LogP contribution in [0.4, 0.5) is 0 Å². The molecular formula is C32H38N2O4. The second-order valence-corrected chi connectivity index (χ2v) is 10.5. The first-order valence-corrected chi connectivity index (χ1v) is 13.6. The summed E-state index contributed by atoms with van der Waals surface area (Å²) in [5.74, 6) is 1.73. The van der Waals surface area contributed by atoms with E-state index in [1.165, 1.54) is 11.1 Å². The van der Waals surface area contributed by atoms with Crippen molar-refractivity contribution in [1.82, 2.24) is 9.80 Å². The first-order chi connectivity index (χ1) is 18.6. The third kappa shape index (κ3) is 5.29. The Morgan fingerprint density at radius 2 is 1.58 bits per heavy atom. The number of piperidine rings is 1. The van der Waals surface area contributed by atoms with Gasteiger partial charge in [0.05, 0.1) is 26.9 Å². The zero-order valence-electron chi connectivity index (χ0n) is 22.4. The Morgan fingerprint density at radius 3 is 2.18 bits per heavy atom. The summed E-state index contributed by atoms with van der Waals surface area (Å²) < 4.78 is 10.9. The van der Waals surface area contributed by atoms with Crippen LogP contribution in [0, 0.1) is 0 Å². The predicted octanol–water partition coefficient (Wildman–Crippen LogP) is 4.88. The number of benzene rings is 3. The lowest BCUT2D eigenvalue weighted by Crippen LogP contribution is -2.46. The average molecular weight is 515 g/mol. The van der Waals surface area contributed by atoms with Crippen molar-refractivity contribution >= 4 is 5.91 Å². The van der Waals surface area contributed by atoms with Crippen molar-refractivity contribution in [3.63, 3.8) is 0 Å². The van der Waals surface area contributed by atoms with Gasteiger partial charge in [-0.2, -0.15) is 0 Å². The molecule has 38 heavy (non-hydrogen) atoms. The third-order valence-corrected chi connectivity index (χ3v) is 8.29. The second kappa shape index (κ2) is 11.6. The fraction of sp³-hybridized carbons (Fsp3) is 0.406. The van der Waals surface area contributed by atoms with Crippen LogP contribution in [0.5, 0.6) is 11.5 Å². The molecule has 6 nitrogen and oxygen atoms in total. The lowest BCUT2D eigenvalue weighted by molar-refractivity contribution is 0.0677. The van der Waals surface area contributed by atoms with Gasteiger partial charge >= 0.3 is 0 Å². The predicted molar refractivity (Wildman–Crippen MR) is 149 cm³/mol. The minimum Gasteiger partial charge on any atom is -0.497 e. The summed E-state index contributed by atoms with van der Waals surface area (Å²) in [4.78, 5) is 17.6. The number of amides is 1. The summed E-state index contributed by atoms with van der Waals surface area (Å²) in [6, 6.07) is 24.9. The first-order valence-electron chi connectivity index (χ1n) is 13.6. The van der Waals surface area contributed by atoms with Gasteiger partial charge in [0.15, 0.2) is 0 Å². The summed E-state index contributed by atoms with van der Waals surface area (Å²) in [6.45, 7) is 3.40. The van der Waals surface area contributed by atoms with Gasteiger partial charge in [0, 0.05) is 30.6 Å². The van der Waals surface area contributed by atoms with E-state index < -0.39 is 0 Å². The highest BCUT2D eigenvalue weighted by Gasteiger charge is 2.39. The highest BCUT2D eigenvalue weighted by molar-refractivity contribution is 5.94. The molecule has 1 atom stereocenters. The molecule has 2 fully saturated rings. The third-order valence-electron chi connectivity index (χ3n) is 8.29. The van der Waals surface area contributed by atoms with Crippen molar-refractivity contribution in [3.05, 3.63) is 95.1 Å². The maximum Gasteiger partial charge on any atom is 0.254 e. The fourth-order valence-electron chi connectivity index (χ4n) is 6.26. The number of methoxy groups -OCH3 is 2. The van der Waals surface area contributed by atoms with Crippen molar-refractivity contribution in [2.45, 2.75) is 43.7 Å². The summed E-state index contributed by atoms with van der Waals surface area (Å²) in [5, 5.41) is 9.68. The van der Waals surface area contributed by atoms with Crippen LogP contribution in [0.2, 0.25) is 0 Å². The highest BCUT2D eigenvalue weighted by Crippen LogP contribution is 2.42. The Kier molecular flexibility index (Phi) is 8.01. The van der Waals surface area contributed by atoms with Crippen LogP contribution in [0.25, 0.3) is 0 Å². The van der Waals surface area contributed by atoms with Crippen molar-refractivity contribution in [1.29, 1.82) is 0 Å². The van der Waals surface area contributed by atoms with Crippen LogP contribution in [-0.4, -0.2) is 67.3 Å². The van der Waals surface area contributed by atoms with Crippen LogP contribution >= 0.6 is 0 Å². The number of hydrogen-bond donors (Lipinski definition) is 1. The van der Waals surface area contributed by atoms with Gasteiger partial charge in [-0.15, -0.1) is 0 Å². The van der Waals surface area contributed by atoms with Gasteiger partial charge in [-0.3, -0.25) is 9.69 Å². The van der Waals surface area contributed by atoms with Crippen LogP contribution in [0.1, 0.15) is 52.7 Å². The van der Waals surface area contributed by atoms with E-state index >= 15 is 0 Å². The Hall–Kier alpha value is -3.35. The van der Waals surface area contributed by atoms with Crippen LogP contribution in [0.15, 0.2) is 72.8 Å². The van der Waals surface area contributed by atoms with E-state index in [0.717, 1.165) is 62.4 Å². The lowest BCUT2D eigenvalue weighted by atomic mass is 9.69. The van der Waals surface area contributed by atoms with Crippen molar-refractivity contribution in [3.8, 4) is 11.5 Å². The van der Waals surface area contributed by atoms with Crippen LogP contribution < -0.4 is 9.47 Å². The zero-order chi connectivity index (χ0) is 26.5. The minimum atomic E-state index is -0.159. The summed E-state index contributed by atoms with van der Waals surface area (Å²) in [6.07, 6.45) is 3.94. The number of aliphatic hydroxyl groups excluding tert-OH is 1. The Balaban J connectivity index is 1.41. The molecule has 0 aliphatic carbocycles. The minimum absolute atomic E-state index is 0.0212. The maximum absolute atomic E-state index is 13.2. The van der Waals surface area contributed by atoms with E-state index in [2.05, 4.69) is 35.2 Å². The second-order valence-electron chi connectivity index (χ2n) is 10.5. The Bertz CT molecular complexity index is 1180. The molecule has 1 unspecified atom stereocenters. The van der Waals surface area contributed by atoms with Gasteiger partial charge in [-0.05, 0) is 85.3 Å². The molecule has 0 saturated carbocycles. The quantitative estimate of drug-likeness (QED) is 0.464. The normalized spacial score (nSPS) is 19.3. The van der Waals surface area contributed by atoms with Crippen molar-refractivity contribution in [2.24, 2.45) is 0 Å². The molecule has 1 amide bonds. The van der Waals surface area contributed by atoms with Gasteiger partial charge in [0.1, 0.15) is 11.5 Å². The molecule has 2 aliphatic heterocycles. The fourth-order valence-corrected chi connectivity index (χ4v) is 6.26. The molecular weight excluding hydrogens is 476 g/mol. The van der Waals surface area contributed by atoms with Gasteiger partial charge < -0.3 is 19.5 Å². The number of carbonyl (C=O) groups excluding carboxylic acids is 1. The van der Waals surface area contributed by atoms with E-state index in [4.69, 9.17) is 9.47 Å². The maximum atomic E-state index is 13.2. The van der Waals surface area contributed by atoms with E-state index in [-0.39, 0.29) is 24.0 Å². The van der Waals surface area contributed by atoms with Gasteiger partial charge in [-0.25, -0.2) is 0 Å². The summed E-state index contributed by atoms with van der Waals surface area (Å²) >= 11 is 0. The molecule has 0 spiro atoms. The van der Waals surface area contributed by atoms with E-state index in [1.54, 1.807) is 14.2 Å². The van der Waals surface area contributed by atoms with Crippen molar-refractivity contribution in [2.75, 3.05) is 40.5 Å². The topological polar surface area (TPSA) is 62.2 Å². The molecule has 200 valence electrons. The van der Waals surface area contributed by atoms with Crippen LogP contribution in [0.3, 0.4) is 0 Å². The average Bonchev–Trinajstić information content (AvgIpc) is 3.46. The standard InChI is InChI=1S/C32H38N2O4/c1-37-29-13-9-26(10-14-29)32(27-11-15-30(38-2)16-12-27)17-5-18-33(23-32)21-24-6-3-7-25(20-24)31(36)34-19-4-8-28(34)22-35/h3,6-7,9-16,20,28,35H,4-5,8,17-19,21-23H2,1-2H3. The molecule has 0 aromatic heterocycles. The Morgan fingerprint density at radius 1 is 0.921 bits per heavy atom. The van der Waals surface area contributed by atoms with Crippen LogP contribution in [-0.2, 0) is 12.0 Å². The molecule has 5 rings (SSSR count). The van der Waals surface area contributed by atoms with E-state index in [1.807, 2.05) is 47.4 Å². The number of nitrogens with zero attached hydrogens (tertiary/aromatic N) is 2. The molecule has 2 heterocycles. The SMILES string of the molecule is COc1ccc(C2(c3ccc(OC)cc3)CCCN(Cc3cccc(C(=O)N4CCCC4CO)c3)C2)cc1. The summed E-state index contributed by atoms with van der Waals surface area (Å²) in [5.41, 5.74) is 4.24. The smallest absolute Gasteiger partial charge is 0.254 e. The number of carbonyl (C=O) groups is 1. The Labute approximate surface area is 225 Å².